The fraction of sp³-hybridized carbons (Fsp3) is 0.176. The van der Waals surface area contributed by atoms with E-state index in [1.165, 1.54) is 18.2 Å². The van der Waals surface area contributed by atoms with Gasteiger partial charge >= 0.3 is 0 Å². The molecule has 1 atom stereocenters. The van der Waals surface area contributed by atoms with Crippen molar-refractivity contribution in [3.8, 4) is 0 Å². The van der Waals surface area contributed by atoms with Gasteiger partial charge in [-0.25, -0.2) is 0 Å². The maximum Gasteiger partial charge on any atom is 0.289 e. The molecule has 0 saturated carbocycles. The Morgan fingerprint density at radius 2 is 1.96 bits per heavy atom. The van der Waals surface area contributed by atoms with Crippen LogP contribution in [0.1, 0.15) is 6.42 Å². The van der Waals surface area contributed by atoms with E-state index in [-0.39, 0.29) is 41.2 Å². The number of halogens is 2. The Morgan fingerprint density at radius 3 is 2.62 bits per heavy atom. The molecule has 2 aromatic carbocycles. The third-order valence-corrected chi connectivity index (χ3v) is 4.89. The average molecular weight is 439 g/mol. The number of carbonyl (C=O) groups excluding carboxylic acids is 2. The Bertz CT molecular complexity index is 888. The molecule has 7 nitrogen and oxygen atoms in total. The van der Waals surface area contributed by atoms with Gasteiger partial charge in [0.05, 0.1) is 10.8 Å². The summed E-state index contributed by atoms with van der Waals surface area (Å²) in [5, 5.41) is 13.5. The van der Waals surface area contributed by atoms with E-state index in [0.717, 1.165) is 10.2 Å². The van der Waals surface area contributed by atoms with Gasteiger partial charge in [0.2, 0.25) is 11.8 Å². The molecule has 1 N–H and O–H groups in total. The van der Waals surface area contributed by atoms with Gasteiger partial charge in [0, 0.05) is 34.9 Å². The molecule has 3 rings (SSSR count). The van der Waals surface area contributed by atoms with Gasteiger partial charge in [-0.05, 0) is 36.4 Å². The van der Waals surface area contributed by atoms with Gasteiger partial charge < -0.3 is 10.2 Å². The zero-order valence-electron chi connectivity index (χ0n) is 13.3. The van der Waals surface area contributed by atoms with Gasteiger partial charge in [-0.15, -0.1) is 0 Å². The van der Waals surface area contributed by atoms with Crippen LogP contribution in [0.3, 0.4) is 0 Å². The van der Waals surface area contributed by atoms with Crippen molar-refractivity contribution in [2.75, 3.05) is 16.8 Å². The summed E-state index contributed by atoms with van der Waals surface area (Å²) >= 11 is 9.10. The highest BCUT2D eigenvalue weighted by Crippen LogP contribution is 2.30. The van der Waals surface area contributed by atoms with Gasteiger partial charge in [0.15, 0.2) is 0 Å². The van der Waals surface area contributed by atoms with Crippen LogP contribution in [-0.2, 0) is 9.59 Å². The van der Waals surface area contributed by atoms with Crippen LogP contribution in [0.4, 0.5) is 17.1 Å². The van der Waals surface area contributed by atoms with Crippen molar-refractivity contribution in [2.45, 2.75) is 6.42 Å². The van der Waals surface area contributed by atoms with Crippen LogP contribution in [0.5, 0.6) is 0 Å². The SMILES string of the molecule is O=C(Nc1ccc(Cl)c([N+](=O)[O-])c1)[C@@H]1CC(=O)N(c2ccc(Br)cc2)C1. The topological polar surface area (TPSA) is 92.5 Å². The molecular formula is C17H13BrClN3O4. The van der Waals surface area contributed by atoms with Crippen LogP contribution >= 0.6 is 27.5 Å². The second-order valence-corrected chi connectivity index (χ2v) is 7.12. The molecule has 1 aliphatic rings. The summed E-state index contributed by atoms with van der Waals surface area (Å²) in [5.41, 5.74) is 0.694. The molecular weight excluding hydrogens is 426 g/mol. The summed E-state index contributed by atoms with van der Waals surface area (Å²) in [6.07, 6.45) is 0.0809. The third kappa shape index (κ3) is 3.86. The molecule has 0 unspecified atom stereocenters. The van der Waals surface area contributed by atoms with E-state index in [9.17, 15) is 19.7 Å². The number of hydrogen-bond acceptors (Lipinski definition) is 4. The Morgan fingerprint density at radius 1 is 1.27 bits per heavy atom. The molecule has 1 fully saturated rings. The number of benzene rings is 2. The summed E-state index contributed by atoms with van der Waals surface area (Å²) in [6.45, 7) is 0.252. The minimum absolute atomic E-state index is 0.00884. The van der Waals surface area contributed by atoms with Crippen molar-refractivity contribution < 1.29 is 14.5 Å². The maximum atomic E-state index is 12.5. The van der Waals surface area contributed by atoms with Gasteiger partial charge in [0.1, 0.15) is 5.02 Å². The number of anilines is 2. The molecule has 0 aliphatic carbocycles. The molecule has 26 heavy (non-hydrogen) atoms. The van der Waals surface area contributed by atoms with Crippen molar-refractivity contribution in [3.63, 3.8) is 0 Å². The lowest BCUT2D eigenvalue weighted by atomic mass is 10.1. The van der Waals surface area contributed by atoms with Gasteiger partial charge in [-0.1, -0.05) is 27.5 Å². The van der Waals surface area contributed by atoms with Gasteiger partial charge in [-0.3, -0.25) is 19.7 Å². The number of rotatable bonds is 4. The number of nitrogens with one attached hydrogen (secondary N) is 1. The smallest absolute Gasteiger partial charge is 0.289 e. The summed E-state index contributed by atoms with van der Waals surface area (Å²) in [7, 11) is 0. The average Bonchev–Trinajstić information content (AvgIpc) is 2.99. The first-order valence-electron chi connectivity index (χ1n) is 7.66. The second-order valence-electron chi connectivity index (χ2n) is 5.79. The lowest BCUT2D eigenvalue weighted by Crippen LogP contribution is -2.28. The highest BCUT2D eigenvalue weighted by Gasteiger charge is 2.35. The van der Waals surface area contributed by atoms with Crippen molar-refractivity contribution in [1.29, 1.82) is 0 Å². The van der Waals surface area contributed by atoms with Crippen LogP contribution in [-0.4, -0.2) is 23.3 Å². The Balaban J connectivity index is 1.71. The summed E-state index contributed by atoms with van der Waals surface area (Å²) in [5.74, 6) is -1.05. The maximum absolute atomic E-state index is 12.5. The van der Waals surface area contributed by atoms with Crippen LogP contribution in [0.2, 0.25) is 5.02 Å². The standard InChI is InChI=1S/C17H13BrClN3O4/c18-11-1-4-13(5-2-11)21-9-10(7-16(21)23)17(24)20-12-3-6-14(19)15(8-12)22(25)26/h1-6,8,10H,7,9H2,(H,20,24)/t10-/m1/s1. The molecule has 9 heteroatoms. The first-order chi connectivity index (χ1) is 12.3. The number of amides is 2. The van der Waals surface area contributed by atoms with Gasteiger partial charge in [0.25, 0.3) is 5.69 Å². The van der Waals surface area contributed by atoms with E-state index in [2.05, 4.69) is 21.2 Å². The zero-order valence-corrected chi connectivity index (χ0v) is 15.7. The minimum Gasteiger partial charge on any atom is -0.326 e. The molecule has 0 spiro atoms. The van der Waals surface area contributed by atoms with Crippen molar-refractivity contribution in [1.82, 2.24) is 0 Å². The van der Waals surface area contributed by atoms with E-state index in [4.69, 9.17) is 11.6 Å². The predicted octanol–water partition coefficient (Wildman–Crippen LogP) is 4.00. The number of carbonyl (C=O) groups is 2. The number of hydrogen-bond donors (Lipinski definition) is 1. The molecule has 134 valence electrons. The zero-order chi connectivity index (χ0) is 18.8. The fourth-order valence-electron chi connectivity index (χ4n) is 2.73. The Hall–Kier alpha value is -2.45. The molecule has 1 aliphatic heterocycles. The fourth-order valence-corrected chi connectivity index (χ4v) is 3.18. The highest BCUT2D eigenvalue weighted by atomic mass is 79.9. The van der Waals surface area contributed by atoms with Crippen molar-refractivity contribution in [2.24, 2.45) is 5.92 Å². The summed E-state index contributed by atoms with van der Waals surface area (Å²) in [6, 6.07) is 11.3. The largest absolute Gasteiger partial charge is 0.326 e. The Labute approximate surface area is 162 Å². The first kappa shape index (κ1) is 18.3. The number of nitro groups is 1. The highest BCUT2D eigenvalue weighted by molar-refractivity contribution is 9.10. The van der Waals surface area contributed by atoms with E-state index in [1.807, 2.05) is 12.1 Å². The molecule has 0 bridgehead atoms. The normalized spacial score (nSPS) is 16.6. The number of nitrogens with zero attached hydrogens (tertiary/aromatic N) is 2. The van der Waals surface area contributed by atoms with E-state index >= 15 is 0 Å². The van der Waals surface area contributed by atoms with E-state index < -0.39 is 10.8 Å². The molecule has 1 heterocycles. The molecule has 0 aromatic heterocycles. The number of nitro benzene ring substituents is 1. The quantitative estimate of drug-likeness (QED) is 0.577. The monoisotopic (exact) mass is 437 g/mol. The van der Waals surface area contributed by atoms with Crippen molar-refractivity contribution in [3.05, 3.63) is 62.1 Å². The third-order valence-electron chi connectivity index (χ3n) is 4.04. The summed E-state index contributed by atoms with van der Waals surface area (Å²) < 4.78 is 0.895. The van der Waals surface area contributed by atoms with Crippen molar-refractivity contribution >= 4 is 56.4 Å². The Kier molecular flexibility index (Phi) is 5.24. The molecule has 1 saturated heterocycles. The van der Waals surface area contributed by atoms with Crippen LogP contribution < -0.4 is 10.2 Å². The molecule has 0 radical (unpaired) electrons. The summed E-state index contributed by atoms with van der Waals surface area (Å²) in [4.78, 5) is 36.6. The molecule has 2 amide bonds. The van der Waals surface area contributed by atoms with Crippen LogP contribution in [0, 0.1) is 16.0 Å². The first-order valence-corrected chi connectivity index (χ1v) is 8.83. The molecule has 2 aromatic rings. The lowest BCUT2D eigenvalue weighted by Gasteiger charge is -2.16. The van der Waals surface area contributed by atoms with Crippen LogP contribution in [0.15, 0.2) is 46.9 Å². The minimum atomic E-state index is -0.619. The van der Waals surface area contributed by atoms with E-state index in [0.29, 0.717) is 0 Å². The predicted molar refractivity (Wildman–Crippen MR) is 101 cm³/mol. The van der Waals surface area contributed by atoms with Gasteiger partial charge in [-0.2, -0.15) is 0 Å². The van der Waals surface area contributed by atoms with Crippen LogP contribution in [0.25, 0.3) is 0 Å². The second kappa shape index (κ2) is 7.43. The lowest BCUT2D eigenvalue weighted by molar-refractivity contribution is -0.384. The van der Waals surface area contributed by atoms with E-state index in [1.54, 1.807) is 17.0 Å².